The number of nitrogens with two attached hydrogens (primary N) is 1. The van der Waals surface area contributed by atoms with E-state index in [0.29, 0.717) is 29.9 Å². The molecule has 0 radical (unpaired) electrons. The van der Waals surface area contributed by atoms with Crippen molar-refractivity contribution in [2.24, 2.45) is 0 Å². The number of benzene rings is 1. The van der Waals surface area contributed by atoms with E-state index in [0.717, 1.165) is 5.56 Å². The van der Waals surface area contributed by atoms with Gasteiger partial charge in [-0.25, -0.2) is 4.79 Å². The number of carbonyl (C=O) groups excluding carboxylic acids is 1. The zero-order valence-corrected chi connectivity index (χ0v) is 15.4. The van der Waals surface area contributed by atoms with Gasteiger partial charge in [-0.1, -0.05) is 12.1 Å². The molecule has 0 aliphatic carbocycles. The molecule has 0 aliphatic rings. The molecule has 0 aliphatic heterocycles. The Kier molecular flexibility index (Phi) is 5.80. The normalized spacial score (nSPS) is 10.9. The van der Waals surface area contributed by atoms with E-state index in [9.17, 15) is 9.59 Å². The molecule has 0 fully saturated rings. The first kappa shape index (κ1) is 19.2. The number of ether oxygens (including phenoxy) is 2. The fourth-order valence-corrected chi connectivity index (χ4v) is 2.62. The fraction of sp³-hybridized carbons (Fsp3) is 0.278. The number of nitrogen functional groups attached to an aromatic ring is 1. The van der Waals surface area contributed by atoms with E-state index in [2.05, 4.69) is 27.2 Å². The first-order valence-electron chi connectivity index (χ1n) is 8.57. The molecule has 3 rings (SSSR count). The van der Waals surface area contributed by atoms with Gasteiger partial charge in [0.2, 0.25) is 0 Å². The molecule has 3 aromatic rings. The van der Waals surface area contributed by atoms with Crippen LogP contribution in [-0.2, 0) is 11.3 Å². The van der Waals surface area contributed by atoms with Gasteiger partial charge >= 0.3 is 11.7 Å². The number of hydrogen-bond acceptors (Lipinski definition) is 7. The van der Waals surface area contributed by atoms with Crippen molar-refractivity contribution in [1.82, 2.24) is 24.8 Å². The molecule has 10 heteroatoms. The molecule has 4 N–H and O–H groups in total. The highest BCUT2D eigenvalue weighted by Crippen LogP contribution is 2.18. The SMILES string of the molecule is [CH2+]CNC(=O)c1ccc(Cn2c(=O)[nH]c3c(N)nc(OCCOC)nc32)cc1. The fourth-order valence-electron chi connectivity index (χ4n) is 2.62. The maximum atomic E-state index is 12.4. The molecular formula is C18H21N6O4+. The van der Waals surface area contributed by atoms with Gasteiger partial charge in [-0.2, -0.15) is 9.97 Å². The van der Waals surface area contributed by atoms with Gasteiger partial charge in [0.05, 0.1) is 20.1 Å². The summed E-state index contributed by atoms with van der Waals surface area (Å²) in [5.74, 6) is -0.0855. The Labute approximate surface area is 160 Å². The highest BCUT2D eigenvalue weighted by molar-refractivity contribution is 5.94. The van der Waals surface area contributed by atoms with Crippen molar-refractivity contribution in [1.29, 1.82) is 0 Å². The Morgan fingerprint density at radius 1 is 1.29 bits per heavy atom. The summed E-state index contributed by atoms with van der Waals surface area (Å²) in [6.07, 6.45) is 0. The predicted molar refractivity (Wildman–Crippen MR) is 103 cm³/mol. The molecule has 10 nitrogen and oxygen atoms in total. The first-order chi connectivity index (χ1) is 13.5. The van der Waals surface area contributed by atoms with Gasteiger partial charge in [-0.15, -0.1) is 0 Å². The number of hydrogen-bond donors (Lipinski definition) is 3. The van der Waals surface area contributed by atoms with E-state index in [-0.39, 0.29) is 36.6 Å². The predicted octanol–water partition coefficient (Wildman–Crippen LogP) is 0.339. The number of imidazole rings is 1. The van der Waals surface area contributed by atoms with Gasteiger partial charge < -0.3 is 25.5 Å². The summed E-state index contributed by atoms with van der Waals surface area (Å²) in [5, 5.41) is 2.63. The second-order valence-corrected chi connectivity index (χ2v) is 5.90. The third-order valence-corrected chi connectivity index (χ3v) is 3.99. The van der Waals surface area contributed by atoms with Crippen LogP contribution in [0.3, 0.4) is 0 Å². The van der Waals surface area contributed by atoms with Crippen molar-refractivity contribution in [3.8, 4) is 6.01 Å². The van der Waals surface area contributed by atoms with E-state index in [1.807, 2.05) is 0 Å². The summed E-state index contributed by atoms with van der Waals surface area (Å²) < 4.78 is 11.8. The molecule has 0 bridgehead atoms. The number of aromatic nitrogens is 4. The number of aromatic amines is 1. The molecule has 0 saturated carbocycles. The summed E-state index contributed by atoms with van der Waals surface area (Å²) in [6.45, 7) is 4.76. The monoisotopic (exact) mass is 385 g/mol. The molecule has 146 valence electrons. The van der Waals surface area contributed by atoms with E-state index in [4.69, 9.17) is 15.2 Å². The summed E-state index contributed by atoms with van der Waals surface area (Å²) in [4.78, 5) is 35.2. The summed E-state index contributed by atoms with van der Waals surface area (Å²) >= 11 is 0. The number of H-pyrrole nitrogens is 1. The minimum absolute atomic E-state index is 0.0648. The molecule has 0 atom stereocenters. The lowest BCUT2D eigenvalue weighted by Gasteiger charge is -2.07. The van der Waals surface area contributed by atoms with Gasteiger partial charge in [0, 0.05) is 12.7 Å². The van der Waals surface area contributed by atoms with Crippen LogP contribution in [0.1, 0.15) is 15.9 Å². The van der Waals surface area contributed by atoms with Gasteiger partial charge in [0.25, 0.3) is 5.91 Å². The Hall–Kier alpha value is -3.53. The van der Waals surface area contributed by atoms with Crippen molar-refractivity contribution in [3.05, 3.63) is 52.8 Å². The lowest BCUT2D eigenvalue weighted by Crippen LogP contribution is -2.22. The van der Waals surface area contributed by atoms with E-state index < -0.39 is 0 Å². The number of methoxy groups -OCH3 is 1. The van der Waals surface area contributed by atoms with Crippen LogP contribution < -0.4 is 21.5 Å². The number of nitrogens with one attached hydrogen (secondary N) is 2. The molecule has 2 aromatic heterocycles. The summed E-state index contributed by atoms with van der Waals surface area (Å²) in [6, 6.07) is 6.97. The highest BCUT2D eigenvalue weighted by atomic mass is 16.5. The third-order valence-electron chi connectivity index (χ3n) is 3.99. The van der Waals surface area contributed by atoms with Gasteiger partial charge in [-0.05, 0) is 17.7 Å². The molecular weight excluding hydrogens is 364 g/mol. The molecule has 28 heavy (non-hydrogen) atoms. The number of rotatable bonds is 8. The Morgan fingerprint density at radius 2 is 2.04 bits per heavy atom. The van der Waals surface area contributed by atoms with Crippen molar-refractivity contribution in [2.45, 2.75) is 6.54 Å². The van der Waals surface area contributed by atoms with Crippen LogP contribution in [0.5, 0.6) is 6.01 Å². The summed E-state index contributed by atoms with van der Waals surface area (Å²) in [5.41, 5.74) is 7.56. The van der Waals surface area contributed by atoms with Crippen molar-refractivity contribution in [2.75, 3.05) is 32.6 Å². The number of amides is 1. The Balaban J connectivity index is 1.88. The van der Waals surface area contributed by atoms with Gasteiger partial charge in [-0.3, -0.25) is 9.36 Å². The quantitative estimate of drug-likeness (QED) is 0.375. The van der Waals surface area contributed by atoms with E-state index >= 15 is 0 Å². The smallest absolute Gasteiger partial charge is 0.328 e. The van der Waals surface area contributed by atoms with Crippen LogP contribution in [0.2, 0.25) is 0 Å². The van der Waals surface area contributed by atoms with Crippen LogP contribution in [0, 0.1) is 6.92 Å². The molecule has 2 heterocycles. The number of fused-ring (bicyclic) bond motifs is 1. The Bertz CT molecular complexity index is 1020. The first-order valence-corrected chi connectivity index (χ1v) is 8.57. The topological polar surface area (TPSA) is 137 Å². The van der Waals surface area contributed by atoms with Crippen LogP contribution in [0.15, 0.2) is 29.1 Å². The largest absolute Gasteiger partial charge is 0.461 e. The van der Waals surface area contributed by atoms with E-state index in [1.165, 1.54) is 4.57 Å². The maximum absolute atomic E-state index is 12.4. The van der Waals surface area contributed by atoms with Crippen LogP contribution in [-0.4, -0.2) is 52.3 Å². The lowest BCUT2D eigenvalue weighted by atomic mass is 10.1. The average Bonchev–Trinajstić information content (AvgIpc) is 2.99. The lowest BCUT2D eigenvalue weighted by molar-refractivity contribution is 0.0958. The van der Waals surface area contributed by atoms with Gasteiger partial charge in [0.15, 0.2) is 18.0 Å². The Morgan fingerprint density at radius 3 is 2.71 bits per heavy atom. The van der Waals surface area contributed by atoms with Crippen molar-refractivity contribution < 1.29 is 14.3 Å². The molecule has 0 spiro atoms. The average molecular weight is 385 g/mol. The summed E-state index contributed by atoms with van der Waals surface area (Å²) in [7, 11) is 1.56. The van der Waals surface area contributed by atoms with Gasteiger partial charge in [0.1, 0.15) is 12.1 Å². The standard InChI is InChI=1S/C18H20N6O4/c1-3-20-16(25)12-6-4-11(5-7-12)10-24-15-13(21-18(24)26)14(19)22-17(23-15)28-9-8-27-2/h4-7H,1,3,8-10H2,2H3,(H3-,19,20,21,22,23,25,26)/p+1. The zero-order valence-electron chi connectivity index (χ0n) is 15.4. The number of anilines is 1. The molecule has 1 amide bonds. The minimum Gasteiger partial charge on any atom is -0.461 e. The number of carbonyl (C=O) groups is 1. The second kappa shape index (κ2) is 8.44. The second-order valence-electron chi connectivity index (χ2n) is 5.90. The van der Waals surface area contributed by atoms with Crippen LogP contribution in [0.4, 0.5) is 5.82 Å². The third kappa shape index (κ3) is 4.07. The number of nitrogens with zero attached hydrogens (tertiary/aromatic N) is 3. The highest BCUT2D eigenvalue weighted by Gasteiger charge is 2.15. The zero-order chi connectivity index (χ0) is 20.1. The maximum Gasteiger partial charge on any atom is 0.328 e. The molecule has 1 aromatic carbocycles. The van der Waals surface area contributed by atoms with Crippen molar-refractivity contribution in [3.63, 3.8) is 0 Å². The molecule has 0 unspecified atom stereocenters. The van der Waals surface area contributed by atoms with Crippen molar-refractivity contribution >= 4 is 22.9 Å². The molecule has 0 saturated heterocycles. The van der Waals surface area contributed by atoms with Crippen LogP contribution >= 0.6 is 0 Å². The minimum atomic E-state index is -0.371. The van der Waals surface area contributed by atoms with Crippen LogP contribution in [0.25, 0.3) is 11.2 Å². The van der Waals surface area contributed by atoms with E-state index in [1.54, 1.807) is 31.4 Å².